The van der Waals surface area contributed by atoms with Gasteiger partial charge in [0.25, 0.3) is 5.91 Å². The minimum Gasteiger partial charge on any atom is -0.463 e. The Morgan fingerprint density at radius 3 is 2.73 bits per heavy atom. The van der Waals surface area contributed by atoms with Gasteiger partial charge in [0.15, 0.2) is 0 Å². The van der Waals surface area contributed by atoms with E-state index >= 15 is 0 Å². The van der Waals surface area contributed by atoms with Crippen molar-refractivity contribution in [3.8, 4) is 0 Å². The molecule has 26 heavy (non-hydrogen) atoms. The van der Waals surface area contributed by atoms with Crippen LogP contribution in [0.2, 0.25) is 0 Å². The maximum atomic E-state index is 12.6. The minimum absolute atomic E-state index is 0.00665. The third-order valence-electron chi connectivity index (χ3n) is 4.35. The van der Waals surface area contributed by atoms with Gasteiger partial charge in [-0.3, -0.25) is 4.79 Å². The van der Waals surface area contributed by atoms with E-state index in [0.29, 0.717) is 37.6 Å². The monoisotopic (exact) mass is 391 g/mol. The Hall–Kier alpha value is -2.46. The zero-order chi connectivity index (χ0) is 18.1. The van der Waals surface area contributed by atoms with Gasteiger partial charge in [0.05, 0.1) is 33.0 Å². The minimum atomic E-state index is -0.126. The fraction of sp³-hybridized carbons (Fsp3) is 0.375. The largest absolute Gasteiger partial charge is 0.463 e. The summed E-state index contributed by atoms with van der Waals surface area (Å²) in [5.74, 6) is -0.00665. The number of aryl methyl sites for hydroxylation is 1. The summed E-state index contributed by atoms with van der Waals surface area (Å²) in [6, 6.07) is 3.52. The van der Waals surface area contributed by atoms with Crippen LogP contribution < -0.4 is 5.32 Å². The number of furan rings is 1. The quantitative estimate of drug-likeness (QED) is 0.740. The molecule has 136 valence electrons. The van der Waals surface area contributed by atoms with Gasteiger partial charge in [0, 0.05) is 32.2 Å². The summed E-state index contributed by atoms with van der Waals surface area (Å²) >= 11 is 2.72. The molecule has 0 bridgehead atoms. The molecule has 0 aromatic carbocycles. The van der Waals surface area contributed by atoms with E-state index in [9.17, 15) is 9.59 Å². The molecule has 1 N–H and O–H groups in total. The summed E-state index contributed by atoms with van der Waals surface area (Å²) in [5.41, 5.74) is 1.58. The van der Waals surface area contributed by atoms with Crippen LogP contribution in [0, 0.1) is 6.92 Å². The van der Waals surface area contributed by atoms with Crippen molar-refractivity contribution in [3.63, 3.8) is 0 Å². The topological polar surface area (TPSA) is 91.6 Å². The number of nitrogens with zero attached hydrogens (tertiary/aromatic N) is 4. The van der Waals surface area contributed by atoms with Gasteiger partial charge in [-0.2, -0.15) is 0 Å². The lowest BCUT2D eigenvalue weighted by atomic mass is 10.3. The summed E-state index contributed by atoms with van der Waals surface area (Å²) in [4.78, 5) is 30.1. The SMILES string of the molecule is Cc1nnsc1CNC(=O)N1CCN(C(=O)c2cc3occc3s2)CC1. The first-order chi connectivity index (χ1) is 12.6. The average Bonchev–Trinajstić information content (AvgIpc) is 3.35. The molecular formula is C16H17N5O3S2. The Balaban J connectivity index is 1.30. The van der Waals surface area contributed by atoms with E-state index in [0.717, 1.165) is 20.9 Å². The van der Waals surface area contributed by atoms with Gasteiger partial charge in [0.1, 0.15) is 5.58 Å². The highest BCUT2D eigenvalue weighted by atomic mass is 32.1. The summed E-state index contributed by atoms with van der Waals surface area (Å²) in [5, 5.41) is 6.82. The van der Waals surface area contributed by atoms with Gasteiger partial charge in [-0.1, -0.05) is 4.49 Å². The van der Waals surface area contributed by atoms with Gasteiger partial charge in [-0.15, -0.1) is 16.4 Å². The molecule has 0 radical (unpaired) electrons. The van der Waals surface area contributed by atoms with Crippen molar-refractivity contribution >= 4 is 45.1 Å². The van der Waals surface area contributed by atoms with Crippen LogP contribution in [0.25, 0.3) is 10.3 Å². The molecule has 0 aliphatic carbocycles. The second kappa shape index (κ2) is 7.04. The molecule has 1 fully saturated rings. The van der Waals surface area contributed by atoms with Crippen LogP contribution in [0.15, 0.2) is 22.8 Å². The van der Waals surface area contributed by atoms with E-state index in [1.165, 1.54) is 22.9 Å². The standard InChI is InChI=1S/C16H17N5O3S2/c1-10-14(26-19-18-10)9-17-16(23)21-5-3-20(4-6-21)15(22)13-8-11-12(25-13)2-7-24-11/h2,7-8H,3-6,9H2,1H3,(H,17,23). The van der Waals surface area contributed by atoms with Crippen molar-refractivity contribution in [2.24, 2.45) is 0 Å². The normalized spacial score (nSPS) is 14.8. The van der Waals surface area contributed by atoms with Crippen molar-refractivity contribution < 1.29 is 14.0 Å². The van der Waals surface area contributed by atoms with Gasteiger partial charge in [-0.25, -0.2) is 4.79 Å². The predicted octanol–water partition coefficient (Wildman–Crippen LogP) is 2.32. The first-order valence-electron chi connectivity index (χ1n) is 8.19. The van der Waals surface area contributed by atoms with E-state index in [4.69, 9.17) is 4.42 Å². The first kappa shape index (κ1) is 17.0. The van der Waals surface area contributed by atoms with Gasteiger partial charge >= 0.3 is 6.03 Å². The molecular weight excluding hydrogens is 374 g/mol. The number of urea groups is 1. The third kappa shape index (κ3) is 3.29. The van der Waals surface area contributed by atoms with Crippen LogP contribution in [-0.4, -0.2) is 57.5 Å². The molecule has 4 heterocycles. The molecule has 0 saturated carbocycles. The molecule has 0 atom stereocenters. The molecule has 4 rings (SSSR count). The number of nitrogens with one attached hydrogen (secondary N) is 1. The molecule has 10 heteroatoms. The fourth-order valence-corrected chi connectivity index (χ4v) is 4.34. The number of carbonyl (C=O) groups excluding carboxylic acids is 2. The molecule has 0 unspecified atom stereocenters. The predicted molar refractivity (Wildman–Crippen MR) is 98.4 cm³/mol. The highest BCUT2D eigenvalue weighted by Crippen LogP contribution is 2.27. The van der Waals surface area contributed by atoms with Crippen molar-refractivity contribution in [3.05, 3.63) is 33.8 Å². The summed E-state index contributed by atoms with van der Waals surface area (Å²) in [6.07, 6.45) is 1.62. The lowest BCUT2D eigenvalue weighted by Crippen LogP contribution is -2.53. The molecule has 3 aromatic rings. The number of aromatic nitrogens is 2. The van der Waals surface area contributed by atoms with Crippen LogP contribution in [0.5, 0.6) is 0 Å². The molecule has 1 aliphatic heterocycles. The van der Waals surface area contributed by atoms with Crippen molar-refractivity contribution in [1.29, 1.82) is 0 Å². The lowest BCUT2D eigenvalue weighted by Gasteiger charge is -2.34. The Morgan fingerprint density at radius 1 is 1.27 bits per heavy atom. The Morgan fingerprint density at radius 2 is 2.04 bits per heavy atom. The Labute approximate surface area is 157 Å². The molecule has 1 saturated heterocycles. The number of piperazine rings is 1. The van der Waals surface area contributed by atoms with Gasteiger partial charge < -0.3 is 19.5 Å². The maximum absolute atomic E-state index is 12.6. The zero-order valence-corrected chi connectivity index (χ0v) is 15.7. The number of hydrogen-bond acceptors (Lipinski definition) is 7. The van der Waals surface area contributed by atoms with E-state index in [1.807, 2.05) is 13.0 Å². The van der Waals surface area contributed by atoms with Crippen molar-refractivity contribution in [1.82, 2.24) is 24.7 Å². The second-order valence-electron chi connectivity index (χ2n) is 5.98. The third-order valence-corrected chi connectivity index (χ3v) is 6.24. The van der Waals surface area contributed by atoms with Crippen LogP contribution in [0.3, 0.4) is 0 Å². The Kier molecular flexibility index (Phi) is 4.60. The molecule has 3 aromatic heterocycles. The summed E-state index contributed by atoms with van der Waals surface area (Å²) in [6.45, 7) is 4.36. The number of hydrogen-bond donors (Lipinski definition) is 1. The number of carbonyl (C=O) groups is 2. The van der Waals surface area contributed by atoms with Crippen LogP contribution in [-0.2, 0) is 6.54 Å². The molecule has 1 aliphatic rings. The number of fused-ring (bicyclic) bond motifs is 1. The first-order valence-corrected chi connectivity index (χ1v) is 9.78. The van der Waals surface area contributed by atoms with E-state index in [1.54, 1.807) is 22.1 Å². The number of amides is 3. The highest BCUT2D eigenvalue weighted by Gasteiger charge is 2.26. The molecule has 8 nitrogen and oxygen atoms in total. The number of thiophene rings is 1. The summed E-state index contributed by atoms with van der Waals surface area (Å²) < 4.78 is 10.2. The van der Waals surface area contributed by atoms with Gasteiger partial charge in [0.2, 0.25) is 0 Å². The van der Waals surface area contributed by atoms with Crippen molar-refractivity contribution in [2.75, 3.05) is 26.2 Å². The maximum Gasteiger partial charge on any atom is 0.317 e. The molecule has 0 spiro atoms. The smallest absolute Gasteiger partial charge is 0.317 e. The van der Waals surface area contributed by atoms with E-state index in [2.05, 4.69) is 14.9 Å². The van der Waals surface area contributed by atoms with E-state index in [-0.39, 0.29) is 11.9 Å². The highest BCUT2D eigenvalue weighted by molar-refractivity contribution is 7.20. The fourth-order valence-electron chi connectivity index (χ4n) is 2.82. The van der Waals surface area contributed by atoms with Crippen molar-refractivity contribution in [2.45, 2.75) is 13.5 Å². The van der Waals surface area contributed by atoms with E-state index < -0.39 is 0 Å². The average molecular weight is 391 g/mol. The van der Waals surface area contributed by atoms with Gasteiger partial charge in [-0.05, 0) is 24.5 Å². The van der Waals surface area contributed by atoms with Crippen LogP contribution >= 0.6 is 22.9 Å². The summed E-state index contributed by atoms with van der Waals surface area (Å²) in [7, 11) is 0. The lowest BCUT2D eigenvalue weighted by molar-refractivity contribution is 0.0669. The molecule has 3 amide bonds. The van der Waals surface area contributed by atoms with Crippen LogP contribution in [0.4, 0.5) is 4.79 Å². The number of rotatable bonds is 3. The Bertz CT molecular complexity index is 910. The second-order valence-corrected chi connectivity index (χ2v) is 7.90. The zero-order valence-electron chi connectivity index (χ0n) is 14.1. The van der Waals surface area contributed by atoms with Crippen LogP contribution in [0.1, 0.15) is 20.2 Å².